The third-order valence-corrected chi connectivity index (χ3v) is 4.71. The van der Waals surface area contributed by atoms with E-state index < -0.39 is 5.82 Å². The zero-order valence-electron chi connectivity index (χ0n) is 11.5. The minimum atomic E-state index is -0.392. The van der Waals surface area contributed by atoms with E-state index in [0.717, 1.165) is 13.1 Å². The van der Waals surface area contributed by atoms with Crippen molar-refractivity contribution in [1.82, 2.24) is 9.80 Å². The van der Waals surface area contributed by atoms with E-state index in [-0.39, 0.29) is 10.9 Å². The highest BCUT2D eigenvalue weighted by atomic mass is 127. The minimum absolute atomic E-state index is 0.115. The largest absolute Gasteiger partial charge is 0.336 e. The fourth-order valence-corrected chi connectivity index (χ4v) is 3.00. The van der Waals surface area contributed by atoms with Gasteiger partial charge in [-0.3, -0.25) is 9.69 Å². The third kappa shape index (κ3) is 3.43. The molecule has 1 fully saturated rings. The van der Waals surface area contributed by atoms with Crippen LogP contribution in [0.1, 0.15) is 24.2 Å². The number of carbonyl (C=O) groups is 1. The molecule has 1 heterocycles. The van der Waals surface area contributed by atoms with Crippen molar-refractivity contribution in [2.24, 2.45) is 0 Å². The molecule has 0 spiro atoms. The van der Waals surface area contributed by atoms with Crippen molar-refractivity contribution in [3.63, 3.8) is 0 Å². The first kappa shape index (κ1) is 16.0. The first-order valence-electron chi connectivity index (χ1n) is 6.58. The Hall–Kier alpha value is -0.400. The van der Waals surface area contributed by atoms with Crippen LogP contribution in [0, 0.1) is 9.39 Å². The zero-order chi connectivity index (χ0) is 14.9. The van der Waals surface area contributed by atoms with Crippen LogP contribution >= 0.6 is 34.2 Å². The number of nitrogens with zero attached hydrogens (tertiary/aromatic N) is 2. The molecule has 6 heteroatoms. The lowest BCUT2D eigenvalue weighted by Crippen LogP contribution is -2.50. The second-order valence-electron chi connectivity index (χ2n) is 5.17. The fourth-order valence-electron chi connectivity index (χ4n) is 2.30. The summed E-state index contributed by atoms with van der Waals surface area (Å²) >= 11 is 7.86. The monoisotopic (exact) mass is 410 g/mol. The smallest absolute Gasteiger partial charge is 0.255 e. The Kier molecular flexibility index (Phi) is 5.25. The van der Waals surface area contributed by atoms with E-state index in [1.54, 1.807) is 4.90 Å². The lowest BCUT2D eigenvalue weighted by atomic mass is 10.1. The van der Waals surface area contributed by atoms with Crippen molar-refractivity contribution < 1.29 is 9.18 Å². The van der Waals surface area contributed by atoms with Gasteiger partial charge in [0.1, 0.15) is 5.82 Å². The highest BCUT2D eigenvalue weighted by Gasteiger charge is 2.25. The van der Waals surface area contributed by atoms with Gasteiger partial charge in [-0.05, 0) is 48.6 Å². The number of carbonyl (C=O) groups excluding carboxylic acids is 1. The molecule has 0 radical (unpaired) electrons. The molecule has 2 rings (SSSR count). The normalized spacial score (nSPS) is 16.8. The van der Waals surface area contributed by atoms with Gasteiger partial charge in [0.15, 0.2) is 0 Å². The van der Waals surface area contributed by atoms with Crippen molar-refractivity contribution in [3.8, 4) is 0 Å². The molecule has 0 aromatic heterocycles. The Morgan fingerprint density at radius 1 is 1.30 bits per heavy atom. The van der Waals surface area contributed by atoms with E-state index in [9.17, 15) is 9.18 Å². The molecule has 0 atom stereocenters. The number of piperazine rings is 1. The van der Waals surface area contributed by atoms with Crippen LogP contribution in [-0.4, -0.2) is 47.9 Å². The molecule has 110 valence electrons. The predicted molar refractivity (Wildman–Crippen MR) is 86.7 cm³/mol. The average Bonchev–Trinajstić information content (AvgIpc) is 2.42. The van der Waals surface area contributed by atoms with Crippen LogP contribution in [0.3, 0.4) is 0 Å². The molecule has 0 saturated carbocycles. The molecule has 1 aliphatic rings. The summed E-state index contributed by atoms with van der Waals surface area (Å²) in [5, 5.41) is 0.180. The summed E-state index contributed by atoms with van der Waals surface area (Å²) in [4.78, 5) is 16.6. The molecule has 20 heavy (non-hydrogen) atoms. The van der Waals surface area contributed by atoms with Crippen molar-refractivity contribution in [2.75, 3.05) is 26.2 Å². The molecule has 3 nitrogen and oxygen atoms in total. The molecule has 1 amide bonds. The lowest BCUT2D eigenvalue weighted by molar-refractivity contribution is 0.0595. The molecule has 0 bridgehead atoms. The van der Waals surface area contributed by atoms with Crippen molar-refractivity contribution in [1.29, 1.82) is 0 Å². The van der Waals surface area contributed by atoms with Crippen molar-refractivity contribution >= 4 is 40.1 Å². The summed E-state index contributed by atoms with van der Waals surface area (Å²) in [7, 11) is 0. The summed E-state index contributed by atoms with van der Waals surface area (Å²) in [6.07, 6.45) is 0. The standard InChI is InChI=1S/C14H17ClFIN2O/c1-9(2)18-3-5-19(6-4-18)14(20)10-7-13(17)12(16)8-11(10)15/h7-9H,3-6H2,1-2H3. The molecule has 0 aliphatic carbocycles. The highest BCUT2D eigenvalue weighted by Crippen LogP contribution is 2.24. The zero-order valence-corrected chi connectivity index (χ0v) is 14.4. The topological polar surface area (TPSA) is 23.6 Å². The third-order valence-electron chi connectivity index (χ3n) is 3.57. The maximum atomic E-state index is 13.4. The van der Waals surface area contributed by atoms with Gasteiger partial charge < -0.3 is 4.90 Å². The molecular formula is C14H17ClFIN2O. The van der Waals surface area contributed by atoms with Crippen LogP contribution in [0.15, 0.2) is 12.1 Å². The molecule has 0 unspecified atom stereocenters. The summed E-state index contributed by atoms with van der Waals surface area (Å²) in [6.45, 7) is 7.38. The van der Waals surface area contributed by atoms with Crippen molar-refractivity contribution in [3.05, 3.63) is 32.1 Å². The van der Waals surface area contributed by atoms with Crippen molar-refractivity contribution in [2.45, 2.75) is 19.9 Å². The number of benzene rings is 1. The molecule has 1 aliphatic heterocycles. The van der Waals surface area contributed by atoms with E-state index in [2.05, 4.69) is 18.7 Å². The molecule has 1 aromatic carbocycles. The summed E-state index contributed by atoms with van der Waals surface area (Å²) in [6, 6.07) is 3.22. The minimum Gasteiger partial charge on any atom is -0.336 e. The number of hydrogen-bond acceptors (Lipinski definition) is 2. The number of amides is 1. The Bertz CT molecular complexity index is 516. The van der Waals surface area contributed by atoms with Crippen LogP contribution in [0.4, 0.5) is 4.39 Å². The van der Waals surface area contributed by atoms with E-state index in [4.69, 9.17) is 11.6 Å². The Balaban J connectivity index is 2.11. The lowest BCUT2D eigenvalue weighted by Gasteiger charge is -2.37. The Morgan fingerprint density at radius 3 is 2.45 bits per heavy atom. The summed E-state index contributed by atoms with van der Waals surface area (Å²) in [5.41, 5.74) is 0.385. The SMILES string of the molecule is CC(C)N1CCN(C(=O)c2cc(I)c(F)cc2Cl)CC1. The van der Waals surface area contributed by atoms with Gasteiger partial charge in [-0.2, -0.15) is 0 Å². The second-order valence-corrected chi connectivity index (χ2v) is 6.74. The van der Waals surface area contributed by atoms with E-state index in [0.29, 0.717) is 28.3 Å². The Labute approximate surface area is 137 Å². The molecule has 1 aromatic rings. The van der Waals surface area contributed by atoms with Gasteiger partial charge in [-0.25, -0.2) is 4.39 Å². The van der Waals surface area contributed by atoms with Gasteiger partial charge in [0.2, 0.25) is 0 Å². The van der Waals surface area contributed by atoms with Gasteiger partial charge >= 0.3 is 0 Å². The molecule has 1 saturated heterocycles. The molecule has 0 N–H and O–H groups in total. The Morgan fingerprint density at radius 2 is 1.90 bits per heavy atom. The average molecular weight is 411 g/mol. The van der Waals surface area contributed by atoms with E-state index in [1.807, 2.05) is 22.6 Å². The van der Waals surface area contributed by atoms with E-state index >= 15 is 0 Å². The first-order chi connectivity index (χ1) is 9.40. The first-order valence-corrected chi connectivity index (χ1v) is 8.03. The molecular weight excluding hydrogens is 394 g/mol. The van der Waals surface area contributed by atoms with E-state index in [1.165, 1.54) is 12.1 Å². The van der Waals surface area contributed by atoms with Gasteiger partial charge in [0.05, 0.1) is 10.6 Å². The van der Waals surface area contributed by atoms with Crippen LogP contribution in [0.5, 0.6) is 0 Å². The van der Waals surface area contributed by atoms with Crippen LogP contribution in [0.25, 0.3) is 0 Å². The van der Waals surface area contributed by atoms with Gasteiger partial charge in [-0.1, -0.05) is 11.6 Å². The van der Waals surface area contributed by atoms with Crippen LogP contribution in [-0.2, 0) is 0 Å². The predicted octanol–water partition coefficient (Wildman–Crippen LogP) is 3.25. The van der Waals surface area contributed by atoms with Crippen LogP contribution < -0.4 is 0 Å². The summed E-state index contributed by atoms with van der Waals surface area (Å²) in [5.74, 6) is -0.506. The van der Waals surface area contributed by atoms with Gasteiger partial charge in [-0.15, -0.1) is 0 Å². The van der Waals surface area contributed by atoms with Gasteiger partial charge in [0, 0.05) is 35.8 Å². The maximum Gasteiger partial charge on any atom is 0.255 e. The highest BCUT2D eigenvalue weighted by molar-refractivity contribution is 14.1. The maximum absolute atomic E-state index is 13.4. The number of halogens is 3. The summed E-state index contributed by atoms with van der Waals surface area (Å²) < 4.78 is 13.8. The van der Waals surface area contributed by atoms with Crippen LogP contribution in [0.2, 0.25) is 5.02 Å². The quantitative estimate of drug-likeness (QED) is 0.552. The number of rotatable bonds is 2. The fraction of sp³-hybridized carbons (Fsp3) is 0.500. The number of hydrogen-bond donors (Lipinski definition) is 0. The van der Waals surface area contributed by atoms with Gasteiger partial charge in [0.25, 0.3) is 5.91 Å². The second kappa shape index (κ2) is 6.58.